The Morgan fingerprint density at radius 2 is 2.00 bits per heavy atom. The number of nitrogens with one attached hydrogen (secondary N) is 2. The molecule has 4 heteroatoms. The van der Waals surface area contributed by atoms with Gasteiger partial charge in [-0.3, -0.25) is 10.1 Å². The van der Waals surface area contributed by atoms with E-state index in [0.717, 1.165) is 11.1 Å². The van der Waals surface area contributed by atoms with Crippen LogP contribution < -0.4 is 10.6 Å². The molecular weight excluding hydrogens is 267 g/mol. The van der Waals surface area contributed by atoms with Crippen molar-refractivity contribution < 1.29 is 9.18 Å². The standard InChI is InChI=1S/C17H17FN2O/c1-10-5-3-4-6-13(10)11(2)19-16-14-9-12(18)7-8-15(14)20-17(16)21/h3-9,11,16,19H,1-2H3,(H,20,21). The van der Waals surface area contributed by atoms with Crippen molar-refractivity contribution >= 4 is 11.6 Å². The molecule has 0 aliphatic carbocycles. The van der Waals surface area contributed by atoms with Crippen molar-refractivity contribution in [2.24, 2.45) is 0 Å². The number of hydrogen-bond acceptors (Lipinski definition) is 2. The Balaban J connectivity index is 1.87. The molecule has 0 spiro atoms. The van der Waals surface area contributed by atoms with E-state index in [1.54, 1.807) is 6.07 Å². The normalized spacial score (nSPS) is 18.2. The van der Waals surface area contributed by atoms with Gasteiger partial charge in [-0.1, -0.05) is 24.3 Å². The molecule has 21 heavy (non-hydrogen) atoms. The van der Waals surface area contributed by atoms with Gasteiger partial charge in [0.05, 0.1) is 0 Å². The zero-order valence-electron chi connectivity index (χ0n) is 12.0. The van der Waals surface area contributed by atoms with E-state index in [0.29, 0.717) is 11.3 Å². The number of anilines is 1. The van der Waals surface area contributed by atoms with Crippen molar-refractivity contribution in [2.45, 2.75) is 25.9 Å². The number of benzene rings is 2. The molecule has 1 aliphatic heterocycles. The summed E-state index contributed by atoms with van der Waals surface area (Å²) in [6.45, 7) is 4.04. The lowest BCUT2D eigenvalue weighted by Crippen LogP contribution is -2.30. The Morgan fingerprint density at radius 3 is 2.76 bits per heavy atom. The molecule has 2 aromatic carbocycles. The lowest BCUT2D eigenvalue weighted by Gasteiger charge is -2.20. The zero-order chi connectivity index (χ0) is 15.0. The Hall–Kier alpha value is -2.20. The smallest absolute Gasteiger partial charge is 0.246 e. The van der Waals surface area contributed by atoms with E-state index < -0.39 is 6.04 Å². The van der Waals surface area contributed by atoms with Gasteiger partial charge in [0.15, 0.2) is 0 Å². The van der Waals surface area contributed by atoms with Gasteiger partial charge in [0.25, 0.3) is 0 Å². The third kappa shape index (κ3) is 2.54. The van der Waals surface area contributed by atoms with Gasteiger partial charge in [0.2, 0.25) is 5.91 Å². The first-order chi connectivity index (χ1) is 10.1. The molecule has 0 aromatic heterocycles. The van der Waals surface area contributed by atoms with Crippen LogP contribution in [0.15, 0.2) is 42.5 Å². The molecule has 0 saturated heterocycles. The summed E-state index contributed by atoms with van der Waals surface area (Å²) in [5, 5.41) is 6.07. The average molecular weight is 284 g/mol. The fraction of sp³-hybridized carbons (Fsp3) is 0.235. The molecule has 1 aliphatic rings. The summed E-state index contributed by atoms with van der Waals surface area (Å²) in [5.74, 6) is -0.475. The largest absolute Gasteiger partial charge is 0.324 e. The number of carbonyl (C=O) groups excluding carboxylic acids is 1. The minimum Gasteiger partial charge on any atom is -0.324 e. The SMILES string of the molecule is Cc1ccccc1C(C)NC1C(=O)Nc2ccc(F)cc21. The van der Waals surface area contributed by atoms with Crippen LogP contribution in [0.4, 0.5) is 10.1 Å². The predicted molar refractivity (Wildman–Crippen MR) is 80.5 cm³/mol. The number of carbonyl (C=O) groups is 1. The first-order valence-corrected chi connectivity index (χ1v) is 6.98. The quantitative estimate of drug-likeness (QED) is 0.906. The van der Waals surface area contributed by atoms with Crippen molar-refractivity contribution in [1.82, 2.24) is 5.32 Å². The second-order valence-corrected chi connectivity index (χ2v) is 5.40. The molecule has 3 rings (SSSR count). The maximum atomic E-state index is 13.4. The molecular formula is C17H17FN2O. The van der Waals surface area contributed by atoms with E-state index in [4.69, 9.17) is 0 Å². The summed E-state index contributed by atoms with van der Waals surface area (Å²) in [5.41, 5.74) is 3.64. The number of aryl methyl sites for hydroxylation is 1. The third-order valence-electron chi connectivity index (χ3n) is 3.92. The second-order valence-electron chi connectivity index (χ2n) is 5.40. The van der Waals surface area contributed by atoms with E-state index in [2.05, 4.69) is 10.6 Å². The lowest BCUT2D eigenvalue weighted by molar-refractivity contribution is -0.117. The van der Waals surface area contributed by atoms with Gasteiger partial charge in [-0.2, -0.15) is 0 Å². The van der Waals surface area contributed by atoms with Crippen LogP contribution in [0.25, 0.3) is 0 Å². The maximum Gasteiger partial charge on any atom is 0.246 e. The second kappa shape index (κ2) is 5.30. The molecule has 0 radical (unpaired) electrons. The number of halogens is 1. The molecule has 0 bridgehead atoms. The topological polar surface area (TPSA) is 41.1 Å². The molecule has 108 valence electrons. The molecule has 2 aromatic rings. The minimum atomic E-state index is -0.523. The van der Waals surface area contributed by atoms with Crippen LogP contribution in [-0.2, 0) is 4.79 Å². The first kappa shape index (κ1) is 13.8. The van der Waals surface area contributed by atoms with E-state index in [9.17, 15) is 9.18 Å². The Bertz CT molecular complexity index is 699. The van der Waals surface area contributed by atoms with Crippen molar-refractivity contribution in [3.8, 4) is 0 Å². The fourth-order valence-electron chi connectivity index (χ4n) is 2.81. The summed E-state index contributed by atoms with van der Waals surface area (Å²) in [6.07, 6.45) is 0. The van der Waals surface area contributed by atoms with E-state index in [-0.39, 0.29) is 17.8 Å². The van der Waals surface area contributed by atoms with Crippen LogP contribution in [0.3, 0.4) is 0 Å². The number of hydrogen-bond donors (Lipinski definition) is 2. The van der Waals surface area contributed by atoms with Crippen molar-refractivity contribution in [2.75, 3.05) is 5.32 Å². The highest BCUT2D eigenvalue weighted by Crippen LogP contribution is 2.33. The lowest BCUT2D eigenvalue weighted by atomic mass is 10.0. The summed E-state index contributed by atoms with van der Waals surface area (Å²) < 4.78 is 13.4. The van der Waals surface area contributed by atoms with Gasteiger partial charge in [0.1, 0.15) is 11.9 Å². The molecule has 3 nitrogen and oxygen atoms in total. The van der Waals surface area contributed by atoms with Crippen LogP contribution in [0.2, 0.25) is 0 Å². The molecule has 2 unspecified atom stereocenters. The van der Waals surface area contributed by atoms with Gasteiger partial charge >= 0.3 is 0 Å². The van der Waals surface area contributed by atoms with Crippen LogP contribution in [0.5, 0.6) is 0 Å². The van der Waals surface area contributed by atoms with Gasteiger partial charge in [-0.15, -0.1) is 0 Å². The van der Waals surface area contributed by atoms with Gasteiger partial charge in [-0.05, 0) is 43.2 Å². The van der Waals surface area contributed by atoms with Crippen molar-refractivity contribution in [3.63, 3.8) is 0 Å². The Labute approximate surface area is 123 Å². The van der Waals surface area contributed by atoms with E-state index >= 15 is 0 Å². The monoisotopic (exact) mass is 284 g/mol. The number of rotatable bonds is 3. The fourth-order valence-corrected chi connectivity index (χ4v) is 2.81. The number of fused-ring (bicyclic) bond motifs is 1. The molecule has 1 amide bonds. The summed E-state index contributed by atoms with van der Waals surface area (Å²) in [6, 6.07) is 11.9. The third-order valence-corrected chi connectivity index (χ3v) is 3.92. The van der Waals surface area contributed by atoms with Gasteiger partial charge in [-0.25, -0.2) is 4.39 Å². The average Bonchev–Trinajstić information content (AvgIpc) is 2.75. The maximum absolute atomic E-state index is 13.4. The highest BCUT2D eigenvalue weighted by atomic mass is 19.1. The Morgan fingerprint density at radius 1 is 1.24 bits per heavy atom. The van der Waals surface area contributed by atoms with Crippen LogP contribution in [-0.4, -0.2) is 5.91 Å². The zero-order valence-corrected chi connectivity index (χ0v) is 12.0. The molecule has 2 atom stereocenters. The molecule has 0 fully saturated rings. The summed E-state index contributed by atoms with van der Waals surface area (Å²) in [4.78, 5) is 12.1. The predicted octanol–water partition coefficient (Wildman–Crippen LogP) is 3.48. The van der Waals surface area contributed by atoms with Crippen LogP contribution in [0, 0.1) is 12.7 Å². The molecule has 1 heterocycles. The Kier molecular flexibility index (Phi) is 3.47. The van der Waals surface area contributed by atoms with Gasteiger partial charge < -0.3 is 5.32 Å². The highest BCUT2D eigenvalue weighted by molar-refractivity contribution is 6.02. The van der Waals surface area contributed by atoms with Crippen LogP contribution >= 0.6 is 0 Å². The summed E-state index contributed by atoms with van der Waals surface area (Å²) in [7, 11) is 0. The van der Waals surface area contributed by atoms with E-state index in [1.807, 2.05) is 38.1 Å². The van der Waals surface area contributed by atoms with Crippen molar-refractivity contribution in [1.29, 1.82) is 0 Å². The molecule has 0 saturated carbocycles. The van der Waals surface area contributed by atoms with Crippen molar-refractivity contribution in [3.05, 3.63) is 65.0 Å². The summed E-state index contributed by atoms with van der Waals surface area (Å²) >= 11 is 0. The highest BCUT2D eigenvalue weighted by Gasteiger charge is 2.32. The van der Waals surface area contributed by atoms with E-state index in [1.165, 1.54) is 12.1 Å². The molecule has 2 N–H and O–H groups in total. The van der Waals surface area contributed by atoms with Gasteiger partial charge in [0, 0.05) is 17.3 Å². The van der Waals surface area contributed by atoms with Crippen LogP contribution in [0.1, 0.15) is 35.7 Å². The number of amides is 1. The first-order valence-electron chi connectivity index (χ1n) is 6.98. The minimum absolute atomic E-state index is 0.00355.